The fourth-order valence-corrected chi connectivity index (χ4v) is 2.10. The molecule has 0 aliphatic heterocycles. The molecule has 23 heavy (non-hydrogen) atoms. The van der Waals surface area contributed by atoms with Gasteiger partial charge in [-0.25, -0.2) is 4.98 Å². The van der Waals surface area contributed by atoms with Gasteiger partial charge in [0.2, 0.25) is 5.95 Å². The average molecular weight is 315 g/mol. The third-order valence-electron chi connectivity index (χ3n) is 3.17. The maximum Gasteiger partial charge on any atom is 0.224 e. The van der Waals surface area contributed by atoms with Gasteiger partial charge in [-0.15, -0.1) is 0 Å². The van der Waals surface area contributed by atoms with Crippen molar-refractivity contribution in [2.45, 2.75) is 13.3 Å². The second-order valence-electron chi connectivity index (χ2n) is 5.40. The third kappa shape index (κ3) is 5.75. The minimum Gasteiger partial charge on any atom is -0.492 e. The molecule has 0 saturated heterocycles. The Kier molecular flexibility index (Phi) is 6.62. The second kappa shape index (κ2) is 8.95. The van der Waals surface area contributed by atoms with Gasteiger partial charge in [0.15, 0.2) is 0 Å². The predicted molar refractivity (Wildman–Crippen MR) is 94.6 cm³/mol. The van der Waals surface area contributed by atoms with Crippen LogP contribution in [0.2, 0.25) is 0 Å². The second-order valence-corrected chi connectivity index (χ2v) is 5.40. The summed E-state index contributed by atoms with van der Waals surface area (Å²) in [5.74, 6) is 2.18. The third-order valence-corrected chi connectivity index (χ3v) is 3.17. The van der Waals surface area contributed by atoms with E-state index in [0.717, 1.165) is 36.8 Å². The molecule has 0 radical (unpaired) electrons. The van der Waals surface area contributed by atoms with Crippen molar-refractivity contribution in [3.8, 4) is 5.75 Å². The van der Waals surface area contributed by atoms with Gasteiger partial charge in [-0.2, -0.15) is 4.98 Å². The van der Waals surface area contributed by atoms with Gasteiger partial charge in [-0.05, 0) is 52.2 Å². The first kappa shape index (κ1) is 17.0. The van der Waals surface area contributed by atoms with Gasteiger partial charge in [-0.3, -0.25) is 0 Å². The average Bonchev–Trinajstić information content (AvgIpc) is 2.54. The zero-order valence-corrected chi connectivity index (χ0v) is 14.0. The molecule has 1 aromatic heterocycles. The summed E-state index contributed by atoms with van der Waals surface area (Å²) >= 11 is 0. The molecule has 0 aliphatic carbocycles. The molecule has 0 spiro atoms. The van der Waals surface area contributed by atoms with Crippen LogP contribution in [0.25, 0.3) is 0 Å². The molecule has 0 unspecified atom stereocenters. The Balaban J connectivity index is 1.97. The van der Waals surface area contributed by atoms with Crippen LogP contribution in [0.5, 0.6) is 5.75 Å². The molecule has 6 heteroatoms. The van der Waals surface area contributed by atoms with Gasteiger partial charge in [0.05, 0.1) is 12.3 Å². The summed E-state index contributed by atoms with van der Waals surface area (Å²) in [7, 11) is 4.13. The molecule has 2 N–H and O–H groups in total. The van der Waals surface area contributed by atoms with Crippen LogP contribution in [0.4, 0.5) is 17.5 Å². The van der Waals surface area contributed by atoms with Crippen molar-refractivity contribution in [1.29, 1.82) is 0 Å². The number of rotatable bonds is 9. The smallest absolute Gasteiger partial charge is 0.224 e. The van der Waals surface area contributed by atoms with E-state index in [9.17, 15) is 0 Å². The molecule has 0 fully saturated rings. The standard InChI is InChI=1S/C17H25N5O/c1-4-23-15-9-6-5-8-14(15)20-16-10-12-19-17(21-16)18-11-7-13-22(2)3/h5-6,8-10,12H,4,7,11,13H2,1-3H3,(H2,18,19,20,21). The summed E-state index contributed by atoms with van der Waals surface area (Å²) in [5.41, 5.74) is 0.895. The monoisotopic (exact) mass is 315 g/mol. The normalized spacial score (nSPS) is 10.6. The van der Waals surface area contributed by atoms with Gasteiger partial charge in [-0.1, -0.05) is 12.1 Å². The molecule has 0 saturated carbocycles. The summed E-state index contributed by atoms with van der Waals surface area (Å²) in [4.78, 5) is 10.9. The zero-order chi connectivity index (χ0) is 16.5. The zero-order valence-electron chi connectivity index (χ0n) is 14.0. The van der Waals surface area contributed by atoms with Crippen molar-refractivity contribution < 1.29 is 4.74 Å². The van der Waals surface area contributed by atoms with E-state index in [1.54, 1.807) is 6.20 Å². The number of aromatic nitrogens is 2. The lowest BCUT2D eigenvalue weighted by molar-refractivity contribution is 0.342. The number of nitrogens with zero attached hydrogens (tertiary/aromatic N) is 3. The molecule has 2 rings (SSSR count). The van der Waals surface area contributed by atoms with Crippen molar-refractivity contribution >= 4 is 17.5 Å². The van der Waals surface area contributed by atoms with E-state index >= 15 is 0 Å². The van der Waals surface area contributed by atoms with E-state index < -0.39 is 0 Å². The maximum atomic E-state index is 5.62. The molecular formula is C17H25N5O. The number of nitrogens with one attached hydrogen (secondary N) is 2. The Labute approximate surface area is 137 Å². The predicted octanol–water partition coefficient (Wildman–Crippen LogP) is 2.98. The molecule has 2 aromatic rings. The van der Waals surface area contributed by atoms with Crippen molar-refractivity contribution in [2.24, 2.45) is 0 Å². The van der Waals surface area contributed by atoms with Crippen LogP contribution in [-0.4, -0.2) is 48.7 Å². The Bertz CT molecular complexity index is 603. The highest BCUT2D eigenvalue weighted by molar-refractivity contribution is 5.64. The van der Waals surface area contributed by atoms with E-state index in [1.165, 1.54) is 0 Å². The van der Waals surface area contributed by atoms with E-state index in [0.29, 0.717) is 12.6 Å². The number of hydrogen-bond acceptors (Lipinski definition) is 6. The Hall–Kier alpha value is -2.34. The number of para-hydroxylation sites is 2. The Morgan fingerprint density at radius 1 is 1.17 bits per heavy atom. The fourth-order valence-electron chi connectivity index (χ4n) is 2.10. The van der Waals surface area contributed by atoms with E-state index in [2.05, 4.69) is 39.6 Å². The van der Waals surface area contributed by atoms with Crippen molar-refractivity contribution in [2.75, 3.05) is 44.4 Å². The molecule has 124 valence electrons. The first-order valence-corrected chi connectivity index (χ1v) is 7.89. The van der Waals surface area contributed by atoms with Gasteiger partial charge in [0, 0.05) is 12.7 Å². The molecule has 1 heterocycles. The SMILES string of the molecule is CCOc1ccccc1Nc1ccnc(NCCCN(C)C)n1. The van der Waals surface area contributed by atoms with Crippen molar-refractivity contribution in [3.05, 3.63) is 36.5 Å². The first-order chi connectivity index (χ1) is 11.2. The summed E-state index contributed by atoms with van der Waals surface area (Å²) in [6, 6.07) is 9.67. The molecule has 0 aliphatic rings. The molecule has 1 aromatic carbocycles. The molecule has 0 bridgehead atoms. The Morgan fingerprint density at radius 2 is 2.00 bits per heavy atom. The van der Waals surface area contributed by atoms with Crippen LogP contribution in [-0.2, 0) is 0 Å². The summed E-state index contributed by atoms with van der Waals surface area (Å²) < 4.78 is 5.62. The van der Waals surface area contributed by atoms with Crippen LogP contribution >= 0.6 is 0 Å². The van der Waals surface area contributed by atoms with E-state index in [-0.39, 0.29) is 0 Å². The van der Waals surface area contributed by atoms with Crippen molar-refractivity contribution in [1.82, 2.24) is 14.9 Å². The quantitative estimate of drug-likeness (QED) is 0.694. The van der Waals surface area contributed by atoms with Crippen molar-refractivity contribution in [3.63, 3.8) is 0 Å². The summed E-state index contributed by atoms with van der Waals surface area (Å²) in [6.07, 6.45) is 2.79. The lowest BCUT2D eigenvalue weighted by Gasteiger charge is -2.13. The highest BCUT2D eigenvalue weighted by atomic mass is 16.5. The van der Waals surface area contributed by atoms with E-state index in [4.69, 9.17) is 4.74 Å². The lowest BCUT2D eigenvalue weighted by Crippen LogP contribution is -2.17. The molecule has 0 amide bonds. The highest BCUT2D eigenvalue weighted by Crippen LogP contribution is 2.26. The minimum atomic E-state index is 0.626. The summed E-state index contributed by atoms with van der Waals surface area (Å²) in [6.45, 7) is 4.47. The minimum absolute atomic E-state index is 0.626. The first-order valence-electron chi connectivity index (χ1n) is 7.89. The van der Waals surface area contributed by atoms with Gasteiger partial charge in [0.1, 0.15) is 11.6 Å². The lowest BCUT2D eigenvalue weighted by atomic mass is 10.3. The van der Waals surface area contributed by atoms with Crippen LogP contribution in [0.3, 0.4) is 0 Å². The topological polar surface area (TPSA) is 62.3 Å². The van der Waals surface area contributed by atoms with Crippen LogP contribution in [0.1, 0.15) is 13.3 Å². The number of hydrogen-bond donors (Lipinski definition) is 2. The Morgan fingerprint density at radius 3 is 2.78 bits per heavy atom. The van der Waals surface area contributed by atoms with Crippen LogP contribution in [0.15, 0.2) is 36.5 Å². The molecule has 6 nitrogen and oxygen atoms in total. The van der Waals surface area contributed by atoms with Gasteiger partial charge < -0.3 is 20.3 Å². The maximum absolute atomic E-state index is 5.62. The van der Waals surface area contributed by atoms with Gasteiger partial charge >= 0.3 is 0 Å². The molecule has 0 atom stereocenters. The number of anilines is 3. The number of ether oxygens (including phenoxy) is 1. The van der Waals surface area contributed by atoms with E-state index in [1.807, 2.05) is 37.3 Å². The van der Waals surface area contributed by atoms with Gasteiger partial charge in [0.25, 0.3) is 0 Å². The summed E-state index contributed by atoms with van der Waals surface area (Å²) in [5, 5.41) is 6.53. The number of benzene rings is 1. The largest absolute Gasteiger partial charge is 0.492 e. The highest BCUT2D eigenvalue weighted by Gasteiger charge is 2.04. The van der Waals surface area contributed by atoms with Crippen LogP contribution < -0.4 is 15.4 Å². The molecular weight excluding hydrogens is 290 g/mol. The van der Waals surface area contributed by atoms with Crippen LogP contribution in [0, 0.1) is 0 Å². The fraction of sp³-hybridized carbons (Fsp3) is 0.412.